The van der Waals surface area contributed by atoms with Crippen molar-refractivity contribution >= 4 is 0 Å². The lowest BCUT2D eigenvalue weighted by Gasteiger charge is -2.38. The molecule has 0 N–H and O–H groups in total. The van der Waals surface area contributed by atoms with Crippen LogP contribution in [0.4, 0.5) is 0 Å². The van der Waals surface area contributed by atoms with Crippen molar-refractivity contribution in [3.8, 4) is 17.9 Å². The van der Waals surface area contributed by atoms with Gasteiger partial charge >= 0.3 is 0 Å². The highest BCUT2D eigenvalue weighted by Gasteiger charge is 2.46. The van der Waals surface area contributed by atoms with Crippen molar-refractivity contribution in [1.29, 1.82) is 10.5 Å². The molecule has 0 amide bonds. The molecule has 0 saturated heterocycles. The van der Waals surface area contributed by atoms with E-state index in [1.807, 2.05) is 12.1 Å². The molecule has 0 spiro atoms. The van der Waals surface area contributed by atoms with E-state index >= 15 is 0 Å². The summed E-state index contributed by atoms with van der Waals surface area (Å²) in [5, 5.41) is 28.4. The molecule has 1 aromatic carbocycles. The summed E-state index contributed by atoms with van der Waals surface area (Å²) in [6.45, 7) is 2.82. The third-order valence-electron chi connectivity index (χ3n) is 3.26. The normalized spacial score (nSPS) is 12.0. The Bertz CT molecular complexity index is 870. The van der Waals surface area contributed by atoms with Gasteiger partial charge in [-0.3, -0.25) is 0 Å². The SMILES string of the molecule is CC(C)(CN=[N+]=[N-])C(N=[N+]=[N-])(N=[N+]=[N-])Oc1ccc(C#N)c(C#N)c1. The molecule has 124 valence electrons. The molecular formula is C13H11N11O. The fraction of sp³-hybridized carbons (Fsp3) is 0.385. The topological polar surface area (TPSA) is 203 Å². The molecule has 0 atom stereocenters. The van der Waals surface area contributed by atoms with Crippen molar-refractivity contribution in [2.75, 3.05) is 6.54 Å². The van der Waals surface area contributed by atoms with E-state index in [9.17, 15) is 0 Å². The van der Waals surface area contributed by atoms with Gasteiger partial charge in [-0.2, -0.15) is 10.5 Å². The molecule has 1 aromatic rings. The predicted octanol–water partition coefficient (Wildman–Crippen LogP) is 4.42. The lowest BCUT2D eigenvalue weighted by atomic mass is 9.87. The highest BCUT2D eigenvalue weighted by molar-refractivity contribution is 5.49. The van der Waals surface area contributed by atoms with Gasteiger partial charge in [0.1, 0.15) is 17.9 Å². The van der Waals surface area contributed by atoms with E-state index in [2.05, 4.69) is 30.1 Å². The van der Waals surface area contributed by atoms with E-state index in [0.29, 0.717) is 0 Å². The summed E-state index contributed by atoms with van der Waals surface area (Å²) in [5.41, 5.74) is 25.2. The van der Waals surface area contributed by atoms with Crippen LogP contribution in [0.5, 0.6) is 5.75 Å². The number of nitriles is 2. The maximum absolute atomic E-state index is 9.08. The highest BCUT2D eigenvalue weighted by Crippen LogP contribution is 2.39. The molecule has 12 nitrogen and oxygen atoms in total. The molecule has 0 aliphatic rings. The van der Waals surface area contributed by atoms with Crippen molar-refractivity contribution in [2.45, 2.75) is 19.7 Å². The van der Waals surface area contributed by atoms with E-state index in [-0.39, 0.29) is 23.4 Å². The Morgan fingerprint density at radius 1 is 1.04 bits per heavy atom. The second-order valence-corrected chi connectivity index (χ2v) is 5.29. The number of rotatable bonds is 7. The molecule has 0 unspecified atom stereocenters. The molecule has 0 aliphatic carbocycles. The minimum Gasteiger partial charge on any atom is -0.474 e. The molecular weight excluding hydrogens is 326 g/mol. The van der Waals surface area contributed by atoms with Crippen molar-refractivity contribution in [3.63, 3.8) is 0 Å². The summed E-state index contributed by atoms with van der Waals surface area (Å²) in [6.07, 6.45) is 0. The highest BCUT2D eigenvalue weighted by atomic mass is 16.5. The van der Waals surface area contributed by atoms with Crippen LogP contribution in [-0.2, 0) is 0 Å². The summed E-state index contributed by atoms with van der Waals surface area (Å²) in [6, 6.07) is 7.63. The van der Waals surface area contributed by atoms with Gasteiger partial charge < -0.3 is 4.74 Å². The maximum Gasteiger partial charge on any atom is 0.270 e. The van der Waals surface area contributed by atoms with Gasteiger partial charge in [-0.05, 0) is 45.0 Å². The van der Waals surface area contributed by atoms with E-state index in [1.54, 1.807) is 0 Å². The molecule has 12 heteroatoms. The minimum atomic E-state index is -2.11. The van der Waals surface area contributed by atoms with Crippen LogP contribution in [0.3, 0.4) is 0 Å². The zero-order valence-electron chi connectivity index (χ0n) is 13.3. The van der Waals surface area contributed by atoms with Gasteiger partial charge in [0, 0.05) is 26.7 Å². The average molecular weight is 337 g/mol. The number of benzene rings is 1. The van der Waals surface area contributed by atoms with Crippen molar-refractivity contribution < 1.29 is 4.74 Å². The average Bonchev–Trinajstić information content (AvgIpc) is 2.60. The van der Waals surface area contributed by atoms with Gasteiger partial charge in [-0.25, -0.2) is 0 Å². The molecule has 0 aliphatic heterocycles. The van der Waals surface area contributed by atoms with E-state index < -0.39 is 11.3 Å². The number of hydrogen-bond donors (Lipinski definition) is 0. The molecule has 0 radical (unpaired) electrons. The zero-order valence-corrected chi connectivity index (χ0v) is 13.3. The molecule has 0 aromatic heterocycles. The Morgan fingerprint density at radius 2 is 1.64 bits per heavy atom. The number of nitrogens with zero attached hydrogens (tertiary/aromatic N) is 11. The number of hydrogen-bond acceptors (Lipinski definition) is 6. The van der Waals surface area contributed by atoms with Crippen molar-refractivity contribution in [3.05, 3.63) is 60.7 Å². The summed E-state index contributed by atoms with van der Waals surface area (Å²) in [7, 11) is 0. The first-order valence-corrected chi connectivity index (χ1v) is 6.66. The van der Waals surface area contributed by atoms with Crippen LogP contribution in [0.15, 0.2) is 33.5 Å². The lowest BCUT2D eigenvalue weighted by molar-refractivity contribution is -0.0265. The number of ether oxygens (including phenoxy) is 1. The molecule has 25 heavy (non-hydrogen) atoms. The van der Waals surface area contributed by atoms with Gasteiger partial charge in [-0.1, -0.05) is 19.0 Å². The van der Waals surface area contributed by atoms with Gasteiger partial charge in [0.2, 0.25) is 0 Å². The minimum absolute atomic E-state index is 0.0311. The smallest absolute Gasteiger partial charge is 0.270 e. The van der Waals surface area contributed by atoms with Gasteiger partial charge in [0.05, 0.1) is 11.1 Å². The Kier molecular flexibility index (Phi) is 6.05. The van der Waals surface area contributed by atoms with Crippen LogP contribution in [0, 0.1) is 28.1 Å². The first-order chi connectivity index (χ1) is 11.9. The second kappa shape index (κ2) is 7.97. The summed E-state index contributed by atoms with van der Waals surface area (Å²) in [4.78, 5) is 7.95. The van der Waals surface area contributed by atoms with E-state index in [0.717, 1.165) is 0 Å². The molecule has 0 saturated carbocycles. The Balaban J connectivity index is 3.53. The molecule has 0 bridgehead atoms. The second-order valence-electron chi connectivity index (χ2n) is 5.29. The van der Waals surface area contributed by atoms with Crippen LogP contribution in [0.1, 0.15) is 25.0 Å². The monoisotopic (exact) mass is 337 g/mol. The fourth-order valence-electron chi connectivity index (χ4n) is 1.84. The summed E-state index contributed by atoms with van der Waals surface area (Å²) < 4.78 is 5.60. The first-order valence-electron chi connectivity index (χ1n) is 6.66. The Hall–Kier alpha value is -4.07. The Morgan fingerprint density at radius 3 is 2.12 bits per heavy atom. The Labute approximate surface area is 141 Å². The standard InChI is InChI=1S/C13H11N11O/c1-12(2,8-19-22-16)13(20-23-17,21-24-18)25-11-4-3-9(6-14)10(5-11)7-15/h3-5H,8H2,1-2H3. The molecule has 0 fully saturated rings. The van der Waals surface area contributed by atoms with E-state index in [1.165, 1.54) is 32.0 Å². The third-order valence-corrected chi connectivity index (χ3v) is 3.26. The first kappa shape index (κ1) is 19.0. The van der Waals surface area contributed by atoms with Gasteiger partial charge in [0.15, 0.2) is 0 Å². The largest absolute Gasteiger partial charge is 0.474 e. The van der Waals surface area contributed by atoms with Crippen LogP contribution in [0.25, 0.3) is 31.3 Å². The lowest BCUT2D eigenvalue weighted by Crippen LogP contribution is -2.47. The predicted molar refractivity (Wildman–Crippen MR) is 85.3 cm³/mol. The van der Waals surface area contributed by atoms with Gasteiger partial charge in [0.25, 0.3) is 5.85 Å². The van der Waals surface area contributed by atoms with Crippen LogP contribution in [-0.4, -0.2) is 12.4 Å². The molecule has 0 heterocycles. The van der Waals surface area contributed by atoms with Crippen molar-refractivity contribution in [2.24, 2.45) is 20.8 Å². The van der Waals surface area contributed by atoms with E-state index in [4.69, 9.17) is 31.9 Å². The molecule has 1 rings (SSSR count). The van der Waals surface area contributed by atoms with Crippen LogP contribution < -0.4 is 4.74 Å². The fourth-order valence-corrected chi connectivity index (χ4v) is 1.84. The quantitative estimate of drug-likeness (QED) is 0.402. The summed E-state index contributed by atoms with van der Waals surface area (Å²) >= 11 is 0. The number of azide groups is 2. The summed E-state index contributed by atoms with van der Waals surface area (Å²) in [5.74, 6) is -2.07. The van der Waals surface area contributed by atoms with Crippen molar-refractivity contribution in [1.82, 2.24) is 0 Å². The zero-order chi connectivity index (χ0) is 18.9. The third kappa shape index (κ3) is 4.02. The van der Waals surface area contributed by atoms with Gasteiger partial charge in [-0.15, -0.1) is 0 Å². The van der Waals surface area contributed by atoms with Crippen LogP contribution >= 0.6 is 0 Å². The maximum atomic E-state index is 9.08. The van der Waals surface area contributed by atoms with Crippen LogP contribution in [0.2, 0.25) is 0 Å².